The van der Waals surface area contributed by atoms with E-state index in [0.717, 1.165) is 6.08 Å². The van der Waals surface area contributed by atoms with Gasteiger partial charge in [0.25, 0.3) is 5.52 Å². The van der Waals surface area contributed by atoms with Crippen molar-refractivity contribution in [2.45, 2.75) is 0 Å². The van der Waals surface area contributed by atoms with E-state index in [9.17, 15) is 9.36 Å². The van der Waals surface area contributed by atoms with Crippen molar-refractivity contribution in [1.29, 1.82) is 0 Å². The summed E-state index contributed by atoms with van der Waals surface area (Å²) in [6.07, 6.45) is 2.25. The molecule has 0 bridgehead atoms. The van der Waals surface area contributed by atoms with Crippen molar-refractivity contribution >= 4 is 19.2 Å². The van der Waals surface area contributed by atoms with Gasteiger partial charge in [-0.2, -0.15) is 0 Å². The number of carbonyl (C=O) groups is 1. The Morgan fingerprint density at radius 1 is 1.21 bits per heavy atom. The van der Waals surface area contributed by atoms with E-state index in [2.05, 4.69) is 0 Å². The fourth-order valence-corrected chi connectivity index (χ4v) is 1.10. The first kappa shape index (κ1) is 10.9. The number of rotatable bonds is 3. The lowest BCUT2D eigenvalue weighted by atomic mass is 10.2. The second kappa shape index (κ2) is 4.33. The van der Waals surface area contributed by atoms with Gasteiger partial charge in [-0.3, -0.25) is 9.36 Å². The molecule has 1 aromatic carbocycles. The number of carbonyl (C=O) groups excluding carboxylic acids is 1. The summed E-state index contributed by atoms with van der Waals surface area (Å²) in [6.45, 7) is 0. The molecular formula is C9H9O4P. The van der Waals surface area contributed by atoms with Gasteiger partial charge in [-0.25, -0.2) is 0 Å². The molecule has 5 heteroatoms. The van der Waals surface area contributed by atoms with Gasteiger partial charge in [0.15, 0.2) is 0 Å². The first-order valence-electron chi connectivity index (χ1n) is 3.83. The lowest BCUT2D eigenvalue weighted by Gasteiger charge is -1.96. The Bertz CT molecular complexity index is 391. The van der Waals surface area contributed by atoms with Crippen LogP contribution in [0.5, 0.6) is 0 Å². The van der Waals surface area contributed by atoms with Gasteiger partial charge in [0.2, 0.25) is 0 Å². The molecule has 0 unspecified atom stereocenters. The van der Waals surface area contributed by atoms with Crippen LogP contribution in [0.1, 0.15) is 5.56 Å². The normalized spacial score (nSPS) is 11.9. The molecule has 1 rings (SSSR count). The standard InChI is InChI=1S/C9H9O4P/c10-9(14(11,12)13)7-6-8-4-2-1-3-5-8/h1-7H,(H2,11,12,13). The van der Waals surface area contributed by atoms with E-state index in [0.29, 0.717) is 5.56 Å². The Kier molecular flexibility index (Phi) is 3.36. The minimum Gasteiger partial charge on any atom is -0.319 e. The zero-order valence-electron chi connectivity index (χ0n) is 7.20. The van der Waals surface area contributed by atoms with Crippen molar-refractivity contribution in [1.82, 2.24) is 0 Å². The third-order valence-electron chi connectivity index (χ3n) is 1.51. The van der Waals surface area contributed by atoms with Gasteiger partial charge in [0, 0.05) is 0 Å². The molecule has 0 fully saturated rings. The van der Waals surface area contributed by atoms with Crippen LogP contribution in [0.3, 0.4) is 0 Å². The molecule has 14 heavy (non-hydrogen) atoms. The molecule has 0 aliphatic carbocycles. The Morgan fingerprint density at radius 2 is 1.79 bits per heavy atom. The van der Waals surface area contributed by atoms with Crippen LogP contribution >= 0.6 is 7.60 Å². The number of hydrogen-bond donors (Lipinski definition) is 2. The summed E-state index contributed by atoms with van der Waals surface area (Å²) in [4.78, 5) is 27.7. The van der Waals surface area contributed by atoms with E-state index in [1.54, 1.807) is 24.3 Å². The van der Waals surface area contributed by atoms with Crippen molar-refractivity contribution in [3.8, 4) is 0 Å². The highest BCUT2D eigenvalue weighted by Gasteiger charge is 2.21. The molecule has 0 aromatic heterocycles. The Labute approximate surface area is 81.0 Å². The third-order valence-corrected chi connectivity index (χ3v) is 2.23. The monoisotopic (exact) mass is 212 g/mol. The second-order valence-corrected chi connectivity index (χ2v) is 4.16. The molecule has 0 radical (unpaired) electrons. The SMILES string of the molecule is O=C(C=Cc1ccccc1)P(=O)(O)O. The van der Waals surface area contributed by atoms with Crippen molar-refractivity contribution in [3.63, 3.8) is 0 Å². The first-order chi connectivity index (χ1) is 6.50. The fourth-order valence-electron chi connectivity index (χ4n) is 0.829. The molecule has 0 saturated heterocycles. The molecule has 0 atom stereocenters. The van der Waals surface area contributed by atoms with Gasteiger partial charge in [-0.05, 0) is 11.6 Å². The molecule has 0 saturated carbocycles. The van der Waals surface area contributed by atoms with Crippen LogP contribution in [-0.2, 0) is 9.36 Å². The predicted molar refractivity (Wildman–Crippen MR) is 52.5 cm³/mol. The van der Waals surface area contributed by atoms with Gasteiger partial charge >= 0.3 is 7.60 Å². The second-order valence-electron chi connectivity index (χ2n) is 2.63. The molecule has 74 valence electrons. The lowest BCUT2D eigenvalue weighted by molar-refractivity contribution is -0.109. The summed E-state index contributed by atoms with van der Waals surface area (Å²) >= 11 is 0. The minimum atomic E-state index is -4.62. The largest absolute Gasteiger partial charge is 0.395 e. The summed E-state index contributed by atoms with van der Waals surface area (Å²) in [6, 6.07) is 8.79. The average molecular weight is 212 g/mol. The average Bonchev–Trinajstić information content (AvgIpc) is 2.14. The molecule has 2 N–H and O–H groups in total. The van der Waals surface area contributed by atoms with Crippen molar-refractivity contribution in [2.75, 3.05) is 0 Å². The van der Waals surface area contributed by atoms with E-state index in [1.807, 2.05) is 6.07 Å². The maximum Gasteiger partial charge on any atom is 0.395 e. The van der Waals surface area contributed by atoms with Gasteiger partial charge < -0.3 is 9.79 Å². The van der Waals surface area contributed by atoms with Crippen LogP contribution in [0.2, 0.25) is 0 Å². The van der Waals surface area contributed by atoms with Crippen LogP contribution < -0.4 is 0 Å². The highest BCUT2D eigenvalue weighted by molar-refractivity contribution is 7.70. The lowest BCUT2D eigenvalue weighted by Crippen LogP contribution is -1.92. The van der Waals surface area contributed by atoms with Crippen LogP contribution in [0.25, 0.3) is 6.08 Å². The third kappa shape index (κ3) is 3.26. The van der Waals surface area contributed by atoms with Crippen LogP contribution in [0.4, 0.5) is 0 Å². The Hall–Kier alpha value is -1.22. The van der Waals surface area contributed by atoms with E-state index in [1.165, 1.54) is 6.08 Å². The Morgan fingerprint density at radius 3 is 2.29 bits per heavy atom. The highest BCUT2D eigenvalue weighted by atomic mass is 31.2. The van der Waals surface area contributed by atoms with Gasteiger partial charge in [-0.1, -0.05) is 36.4 Å². The van der Waals surface area contributed by atoms with E-state index in [-0.39, 0.29) is 0 Å². The first-order valence-corrected chi connectivity index (χ1v) is 5.44. The van der Waals surface area contributed by atoms with Gasteiger partial charge in [0.1, 0.15) is 0 Å². The van der Waals surface area contributed by atoms with Crippen molar-refractivity contribution in [2.24, 2.45) is 0 Å². The van der Waals surface area contributed by atoms with E-state index >= 15 is 0 Å². The number of hydrogen-bond acceptors (Lipinski definition) is 2. The summed E-state index contributed by atoms with van der Waals surface area (Å²) in [5, 5.41) is 0. The molecule has 0 amide bonds. The predicted octanol–water partition coefficient (Wildman–Crippen LogP) is 1.40. The number of benzene rings is 1. The molecule has 0 spiro atoms. The zero-order chi connectivity index (χ0) is 10.6. The smallest absolute Gasteiger partial charge is 0.319 e. The number of allylic oxidation sites excluding steroid dienone is 1. The zero-order valence-corrected chi connectivity index (χ0v) is 8.09. The molecule has 0 aliphatic rings. The Balaban J connectivity index is 2.76. The van der Waals surface area contributed by atoms with Gasteiger partial charge in [0.05, 0.1) is 0 Å². The summed E-state index contributed by atoms with van der Waals surface area (Å²) < 4.78 is 10.4. The van der Waals surface area contributed by atoms with Crippen molar-refractivity contribution < 1.29 is 19.1 Å². The van der Waals surface area contributed by atoms with E-state index in [4.69, 9.17) is 9.79 Å². The quantitative estimate of drug-likeness (QED) is 0.586. The minimum absolute atomic E-state index is 0.717. The maximum absolute atomic E-state index is 10.8. The summed E-state index contributed by atoms with van der Waals surface area (Å²) in [5.74, 6) is 0. The van der Waals surface area contributed by atoms with Crippen molar-refractivity contribution in [3.05, 3.63) is 42.0 Å². The van der Waals surface area contributed by atoms with E-state index < -0.39 is 13.1 Å². The molecule has 0 aliphatic heterocycles. The summed E-state index contributed by atoms with van der Waals surface area (Å²) in [7, 11) is -4.62. The fraction of sp³-hybridized carbons (Fsp3) is 0. The molecule has 4 nitrogen and oxygen atoms in total. The van der Waals surface area contributed by atoms with Crippen LogP contribution in [-0.4, -0.2) is 15.3 Å². The van der Waals surface area contributed by atoms with Crippen LogP contribution in [0, 0.1) is 0 Å². The highest BCUT2D eigenvalue weighted by Crippen LogP contribution is 2.35. The topological polar surface area (TPSA) is 74.6 Å². The molecule has 0 heterocycles. The summed E-state index contributed by atoms with van der Waals surface area (Å²) in [5.41, 5.74) is -0.462. The molecule has 1 aromatic rings. The van der Waals surface area contributed by atoms with Crippen LogP contribution in [0.15, 0.2) is 36.4 Å². The van der Waals surface area contributed by atoms with Gasteiger partial charge in [-0.15, -0.1) is 0 Å². The maximum atomic E-state index is 10.8. The molecular weight excluding hydrogens is 203 g/mol.